The van der Waals surface area contributed by atoms with Crippen molar-refractivity contribution in [2.45, 2.75) is 24.8 Å². The highest BCUT2D eigenvalue weighted by Crippen LogP contribution is 2.32. The number of nitrogens with one attached hydrogen (secondary N) is 2. The molecule has 2 rings (SSSR count). The number of carbonyl (C=O) groups excluding carboxylic acids is 1. The molecule has 2 heterocycles. The number of rotatable bonds is 3. The quantitative estimate of drug-likeness (QED) is 0.722. The fourth-order valence-corrected chi connectivity index (χ4v) is 3.27. The van der Waals surface area contributed by atoms with Crippen LogP contribution in [0.5, 0.6) is 0 Å². The van der Waals surface area contributed by atoms with Crippen LogP contribution in [0.25, 0.3) is 0 Å². The van der Waals surface area contributed by atoms with E-state index in [4.69, 9.17) is 5.11 Å². The second-order valence-corrected chi connectivity index (χ2v) is 5.13. The van der Waals surface area contributed by atoms with Crippen molar-refractivity contribution in [2.75, 3.05) is 5.75 Å². The van der Waals surface area contributed by atoms with Gasteiger partial charge in [0.05, 0.1) is 5.37 Å². The number of thioether (sulfide) groups is 1. The lowest BCUT2D eigenvalue weighted by Crippen LogP contribution is -2.45. The Morgan fingerprint density at radius 3 is 2.83 bits per heavy atom. The zero-order chi connectivity index (χ0) is 13.3. The molecule has 1 saturated heterocycles. The number of hydrogen-bond acceptors (Lipinski definition) is 4. The van der Waals surface area contributed by atoms with Gasteiger partial charge in [0.2, 0.25) is 0 Å². The number of carbonyl (C=O) groups is 2. The van der Waals surface area contributed by atoms with Crippen molar-refractivity contribution in [2.24, 2.45) is 0 Å². The van der Waals surface area contributed by atoms with Gasteiger partial charge in [-0.3, -0.25) is 4.79 Å². The first kappa shape index (κ1) is 12.7. The maximum atomic E-state index is 12.2. The molecule has 0 spiro atoms. The number of aliphatic carboxylic acids is 1. The molecule has 1 amide bonds. The molecule has 7 nitrogen and oxygen atoms in total. The molecule has 0 aromatic carbocycles. The molecule has 1 aromatic rings. The van der Waals surface area contributed by atoms with E-state index in [1.807, 2.05) is 6.92 Å². The zero-order valence-electron chi connectivity index (χ0n) is 9.67. The SMILES string of the molecule is CCC1SCC(C(=O)O)N1C(=O)c1c[nH]c(=O)[nH]1. The van der Waals surface area contributed by atoms with Crippen LogP contribution >= 0.6 is 11.8 Å². The van der Waals surface area contributed by atoms with Gasteiger partial charge in [-0.1, -0.05) is 6.92 Å². The molecular formula is C10H13N3O4S. The van der Waals surface area contributed by atoms with Gasteiger partial charge in [-0.2, -0.15) is 0 Å². The molecule has 18 heavy (non-hydrogen) atoms. The number of amides is 1. The number of aromatic nitrogens is 2. The van der Waals surface area contributed by atoms with E-state index in [2.05, 4.69) is 9.97 Å². The molecule has 8 heteroatoms. The van der Waals surface area contributed by atoms with Crippen LogP contribution in [0.3, 0.4) is 0 Å². The smallest absolute Gasteiger partial charge is 0.327 e. The first-order valence-corrected chi connectivity index (χ1v) is 6.54. The van der Waals surface area contributed by atoms with Crippen molar-refractivity contribution < 1.29 is 14.7 Å². The lowest BCUT2D eigenvalue weighted by molar-refractivity contribution is -0.141. The molecule has 0 radical (unpaired) electrons. The van der Waals surface area contributed by atoms with Crippen LogP contribution in [-0.4, -0.2) is 49.0 Å². The second kappa shape index (κ2) is 4.89. The molecule has 2 atom stereocenters. The number of imidazole rings is 1. The molecule has 0 saturated carbocycles. The monoisotopic (exact) mass is 271 g/mol. The van der Waals surface area contributed by atoms with Crippen molar-refractivity contribution in [3.63, 3.8) is 0 Å². The Balaban J connectivity index is 2.30. The number of aromatic amines is 2. The number of carboxylic acid groups (broad SMARTS) is 1. The molecular weight excluding hydrogens is 258 g/mol. The summed E-state index contributed by atoms with van der Waals surface area (Å²) in [5.41, 5.74) is -0.391. The lowest BCUT2D eigenvalue weighted by atomic mass is 10.2. The van der Waals surface area contributed by atoms with Gasteiger partial charge in [-0.05, 0) is 6.42 Å². The van der Waals surface area contributed by atoms with Gasteiger partial charge >= 0.3 is 11.7 Å². The van der Waals surface area contributed by atoms with Crippen LogP contribution in [0, 0.1) is 0 Å². The third-order valence-electron chi connectivity index (χ3n) is 2.79. The van der Waals surface area contributed by atoms with E-state index < -0.39 is 23.6 Å². The van der Waals surface area contributed by atoms with Crippen molar-refractivity contribution in [1.29, 1.82) is 0 Å². The predicted molar refractivity (Wildman–Crippen MR) is 65.5 cm³/mol. The molecule has 98 valence electrons. The molecule has 2 unspecified atom stereocenters. The van der Waals surface area contributed by atoms with Crippen molar-refractivity contribution >= 4 is 23.6 Å². The van der Waals surface area contributed by atoms with E-state index in [1.54, 1.807) is 0 Å². The summed E-state index contributed by atoms with van der Waals surface area (Å²) < 4.78 is 0. The molecule has 1 fully saturated rings. The third kappa shape index (κ3) is 2.15. The normalized spacial score (nSPS) is 23.3. The van der Waals surface area contributed by atoms with Gasteiger partial charge < -0.3 is 20.0 Å². The summed E-state index contributed by atoms with van der Waals surface area (Å²) in [6.45, 7) is 1.89. The summed E-state index contributed by atoms with van der Waals surface area (Å²) in [4.78, 5) is 40.3. The fourth-order valence-electron chi connectivity index (χ4n) is 1.93. The van der Waals surface area contributed by atoms with Crippen LogP contribution in [0.4, 0.5) is 0 Å². The largest absolute Gasteiger partial charge is 0.480 e. The Bertz CT molecular complexity index is 523. The van der Waals surface area contributed by atoms with Gasteiger partial charge in [0.1, 0.15) is 11.7 Å². The standard InChI is InChI=1S/C10H13N3O4S/c1-2-7-13(6(4-18-7)9(15)16)8(14)5-3-11-10(17)12-5/h3,6-7H,2,4H2,1H3,(H,15,16)(H2,11,12,17). The van der Waals surface area contributed by atoms with E-state index in [9.17, 15) is 14.4 Å². The summed E-state index contributed by atoms with van der Waals surface area (Å²) in [6, 6.07) is -0.842. The van der Waals surface area contributed by atoms with E-state index in [-0.39, 0.29) is 11.1 Å². The molecule has 1 aromatic heterocycles. The van der Waals surface area contributed by atoms with Crippen LogP contribution in [0.1, 0.15) is 23.8 Å². The first-order valence-electron chi connectivity index (χ1n) is 5.49. The Labute approximate surface area is 107 Å². The van der Waals surface area contributed by atoms with Crippen molar-refractivity contribution in [3.8, 4) is 0 Å². The fraction of sp³-hybridized carbons (Fsp3) is 0.500. The summed E-state index contributed by atoms with van der Waals surface area (Å²) >= 11 is 1.44. The molecule has 0 bridgehead atoms. The van der Waals surface area contributed by atoms with Crippen molar-refractivity contribution in [1.82, 2.24) is 14.9 Å². The Morgan fingerprint density at radius 2 is 2.33 bits per heavy atom. The minimum atomic E-state index is -1.02. The van der Waals surface area contributed by atoms with E-state index >= 15 is 0 Å². The molecule has 1 aliphatic heterocycles. The average Bonchev–Trinajstić information content (AvgIpc) is 2.93. The Morgan fingerprint density at radius 1 is 1.61 bits per heavy atom. The minimum Gasteiger partial charge on any atom is -0.480 e. The molecule has 0 aliphatic carbocycles. The van der Waals surface area contributed by atoms with E-state index in [1.165, 1.54) is 22.9 Å². The van der Waals surface area contributed by atoms with Gasteiger partial charge in [-0.25, -0.2) is 9.59 Å². The second-order valence-electron chi connectivity index (χ2n) is 3.92. The number of hydrogen-bond donors (Lipinski definition) is 3. The maximum Gasteiger partial charge on any atom is 0.327 e. The highest BCUT2D eigenvalue weighted by Gasteiger charge is 2.41. The third-order valence-corrected chi connectivity index (χ3v) is 4.24. The van der Waals surface area contributed by atoms with E-state index in [0.717, 1.165) is 0 Å². The van der Waals surface area contributed by atoms with Gasteiger partial charge in [0, 0.05) is 11.9 Å². The highest BCUT2D eigenvalue weighted by molar-refractivity contribution is 8.00. The summed E-state index contributed by atoms with van der Waals surface area (Å²) in [6.07, 6.45) is 1.92. The number of H-pyrrole nitrogens is 2. The molecule has 1 aliphatic rings. The number of nitrogens with zero attached hydrogens (tertiary/aromatic N) is 1. The van der Waals surface area contributed by atoms with Crippen LogP contribution in [-0.2, 0) is 4.79 Å². The predicted octanol–water partition coefficient (Wildman–Crippen LogP) is 0.0813. The van der Waals surface area contributed by atoms with Gasteiger partial charge in [0.15, 0.2) is 0 Å². The minimum absolute atomic E-state index is 0.0900. The molecule has 3 N–H and O–H groups in total. The topological polar surface area (TPSA) is 106 Å². The van der Waals surface area contributed by atoms with Crippen molar-refractivity contribution in [3.05, 3.63) is 22.4 Å². The van der Waals surface area contributed by atoms with Gasteiger partial charge in [-0.15, -0.1) is 11.8 Å². The lowest BCUT2D eigenvalue weighted by Gasteiger charge is -2.25. The Hall–Kier alpha value is -1.70. The highest BCUT2D eigenvalue weighted by atomic mass is 32.2. The Kier molecular flexibility index (Phi) is 3.46. The zero-order valence-corrected chi connectivity index (χ0v) is 10.5. The van der Waals surface area contributed by atoms with Crippen LogP contribution < -0.4 is 5.69 Å². The van der Waals surface area contributed by atoms with Crippen LogP contribution in [0.2, 0.25) is 0 Å². The van der Waals surface area contributed by atoms with Crippen LogP contribution in [0.15, 0.2) is 11.0 Å². The van der Waals surface area contributed by atoms with Gasteiger partial charge in [0.25, 0.3) is 5.91 Å². The first-order chi connectivity index (χ1) is 8.54. The average molecular weight is 271 g/mol. The summed E-state index contributed by atoms with van der Waals surface area (Å²) in [5.74, 6) is -1.11. The summed E-state index contributed by atoms with van der Waals surface area (Å²) in [7, 11) is 0. The maximum absolute atomic E-state index is 12.2. The number of carboxylic acids is 1. The summed E-state index contributed by atoms with van der Waals surface area (Å²) in [5, 5.41) is 8.94. The van der Waals surface area contributed by atoms with E-state index in [0.29, 0.717) is 12.2 Å².